The summed E-state index contributed by atoms with van der Waals surface area (Å²) in [5.41, 5.74) is 1.10. The lowest BCUT2D eigenvalue weighted by Crippen LogP contribution is -2.35. The van der Waals surface area contributed by atoms with Gasteiger partial charge in [-0.15, -0.1) is 0 Å². The minimum absolute atomic E-state index is 0.163. The Morgan fingerprint density at radius 1 is 1.35 bits per heavy atom. The molecule has 20 heavy (non-hydrogen) atoms. The van der Waals surface area contributed by atoms with Crippen LogP contribution in [0.15, 0.2) is 40.9 Å². The average Bonchev–Trinajstić information content (AvgIpc) is 2.85. The zero-order chi connectivity index (χ0) is 14.4. The van der Waals surface area contributed by atoms with E-state index in [0.29, 0.717) is 24.7 Å². The van der Waals surface area contributed by atoms with E-state index in [-0.39, 0.29) is 6.03 Å². The van der Waals surface area contributed by atoms with Crippen LogP contribution in [0.3, 0.4) is 0 Å². The van der Waals surface area contributed by atoms with Crippen LogP contribution in [0.2, 0.25) is 0 Å². The van der Waals surface area contributed by atoms with Gasteiger partial charge in [-0.25, -0.2) is 4.79 Å². The number of hydrogen-bond acceptors (Lipinski definition) is 3. The Labute approximate surface area is 118 Å². The molecule has 1 aromatic heterocycles. The summed E-state index contributed by atoms with van der Waals surface area (Å²) in [7, 11) is 0. The van der Waals surface area contributed by atoms with E-state index in [9.17, 15) is 4.79 Å². The number of anilines is 1. The van der Waals surface area contributed by atoms with Crippen molar-refractivity contribution in [2.45, 2.75) is 26.8 Å². The van der Waals surface area contributed by atoms with Crippen LogP contribution >= 0.6 is 0 Å². The maximum Gasteiger partial charge on any atom is 0.323 e. The Morgan fingerprint density at radius 2 is 2.10 bits per heavy atom. The second-order valence-corrected chi connectivity index (χ2v) is 4.66. The molecular weight excluding hydrogens is 254 g/mol. The molecule has 0 aliphatic carbocycles. The molecule has 1 N–H and O–H groups in total. The van der Waals surface area contributed by atoms with Crippen molar-refractivity contribution < 1.29 is 9.32 Å². The fraction of sp³-hybridized carbons (Fsp3) is 0.333. The second-order valence-electron chi connectivity index (χ2n) is 4.66. The van der Waals surface area contributed by atoms with Crippen LogP contribution in [0, 0.1) is 6.92 Å². The van der Waals surface area contributed by atoms with E-state index >= 15 is 0 Å². The predicted octanol–water partition coefficient (Wildman–Crippen LogP) is 3.43. The lowest BCUT2D eigenvalue weighted by Gasteiger charge is -2.22. The molecule has 0 radical (unpaired) electrons. The van der Waals surface area contributed by atoms with Crippen molar-refractivity contribution in [1.82, 2.24) is 10.1 Å². The molecule has 5 nitrogen and oxygen atoms in total. The molecule has 0 saturated heterocycles. The minimum Gasteiger partial charge on any atom is -0.360 e. The fourth-order valence-corrected chi connectivity index (χ4v) is 1.94. The molecule has 1 heterocycles. The maximum atomic E-state index is 12.2. The normalized spacial score (nSPS) is 10.3. The van der Waals surface area contributed by atoms with E-state index in [0.717, 1.165) is 12.0 Å². The van der Waals surface area contributed by atoms with Gasteiger partial charge in [-0.05, 0) is 18.9 Å². The molecule has 0 fully saturated rings. The van der Waals surface area contributed by atoms with E-state index in [4.69, 9.17) is 4.52 Å². The highest BCUT2D eigenvalue weighted by Gasteiger charge is 2.14. The molecule has 2 rings (SSSR count). The smallest absolute Gasteiger partial charge is 0.323 e. The second kappa shape index (κ2) is 6.75. The summed E-state index contributed by atoms with van der Waals surface area (Å²) in [4.78, 5) is 14.0. The van der Waals surface area contributed by atoms with Crippen molar-refractivity contribution in [2.75, 3.05) is 11.9 Å². The lowest BCUT2D eigenvalue weighted by molar-refractivity contribution is 0.209. The standard InChI is InChI=1S/C15H19N3O2/c1-3-9-18(11-13-7-5-4-6-8-13)15(19)16-14-10-12(2)20-17-14/h4-8,10H,3,9,11H2,1-2H3,(H,16,17,19). The van der Waals surface area contributed by atoms with Gasteiger partial charge in [-0.2, -0.15) is 0 Å². The zero-order valence-corrected chi connectivity index (χ0v) is 11.8. The zero-order valence-electron chi connectivity index (χ0n) is 11.8. The number of nitrogens with zero attached hydrogens (tertiary/aromatic N) is 2. The fourth-order valence-electron chi connectivity index (χ4n) is 1.94. The van der Waals surface area contributed by atoms with Crippen molar-refractivity contribution in [3.8, 4) is 0 Å². The van der Waals surface area contributed by atoms with E-state index in [1.54, 1.807) is 17.9 Å². The Hall–Kier alpha value is -2.30. The van der Waals surface area contributed by atoms with Crippen molar-refractivity contribution in [2.24, 2.45) is 0 Å². The largest absolute Gasteiger partial charge is 0.360 e. The first-order valence-electron chi connectivity index (χ1n) is 6.72. The third-order valence-electron chi connectivity index (χ3n) is 2.86. The number of rotatable bonds is 5. The van der Waals surface area contributed by atoms with Gasteiger partial charge in [0.15, 0.2) is 5.82 Å². The molecule has 0 atom stereocenters. The third kappa shape index (κ3) is 3.85. The monoisotopic (exact) mass is 273 g/mol. The van der Waals surface area contributed by atoms with Gasteiger partial charge in [0.05, 0.1) is 0 Å². The predicted molar refractivity (Wildman–Crippen MR) is 77.4 cm³/mol. The number of aromatic nitrogens is 1. The van der Waals surface area contributed by atoms with Crippen LogP contribution in [0.5, 0.6) is 0 Å². The molecule has 0 aliphatic heterocycles. The van der Waals surface area contributed by atoms with Crippen LogP contribution in [0.1, 0.15) is 24.7 Å². The Bertz CT molecular complexity index is 551. The number of nitrogens with one attached hydrogen (secondary N) is 1. The van der Waals surface area contributed by atoms with Crippen LogP contribution < -0.4 is 5.32 Å². The van der Waals surface area contributed by atoms with Gasteiger partial charge in [-0.3, -0.25) is 5.32 Å². The number of hydrogen-bond donors (Lipinski definition) is 1. The highest BCUT2D eigenvalue weighted by Crippen LogP contribution is 2.10. The number of carbonyl (C=O) groups is 1. The number of urea groups is 1. The van der Waals surface area contributed by atoms with E-state index < -0.39 is 0 Å². The van der Waals surface area contributed by atoms with Crippen molar-refractivity contribution in [3.05, 3.63) is 47.7 Å². The molecule has 0 bridgehead atoms. The van der Waals surface area contributed by atoms with E-state index in [1.807, 2.05) is 37.3 Å². The van der Waals surface area contributed by atoms with Gasteiger partial charge in [0, 0.05) is 19.2 Å². The summed E-state index contributed by atoms with van der Waals surface area (Å²) in [6.45, 7) is 5.11. The molecule has 0 saturated carbocycles. The number of carbonyl (C=O) groups excluding carboxylic acids is 1. The molecule has 0 unspecified atom stereocenters. The third-order valence-corrected chi connectivity index (χ3v) is 2.86. The lowest BCUT2D eigenvalue weighted by atomic mass is 10.2. The molecule has 1 aromatic carbocycles. The molecule has 2 aromatic rings. The van der Waals surface area contributed by atoms with E-state index in [2.05, 4.69) is 10.5 Å². The van der Waals surface area contributed by atoms with Crippen LogP contribution in [0.25, 0.3) is 0 Å². The number of benzene rings is 1. The number of aryl methyl sites for hydroxylation is 1. The molecule has 5 heteroatoms. The summed E-state index contributed by atoms with van der Waals surface area (Å²) >= 11 is 0. The molecule has 2 amide bonds. The van der Waals surface area contributed by atoms with Crippen molar-refractivity contribution in [1.29, 1.82) is 0 Å². The molecule has 106 valence electrons. The van der Waals surface area contributed by atoms with Gasteiger partial charge in [0.25, 0.3) is 0 Å². The first-order valence-corrected chi connectivity index (χ1v) is 6.72. The van der Waals surface area contributed by atoms with Gasteiger partial charge >= 0.3 is 6.03 Å². The first-order chi connectivity index (χ1) is 9.69. The topological polar surface area (TPSA) is 58.4 Å². The SMILES string of the molecule is CCCN(Cc1ccccc1)C(=O)Nc1cc(C)on1. The van der Waals surface area contributed by atoms with Gasteiger partial charge in [0.1, 0.15) is 5.76 Å². The van der Waals surface area contributed by atoms with Gasteiger partial charge in [-0.1, -0.05) is 42.4 Å². The summed E-state index contributed by atoms with van der Waals surface area (Å²) in [6.07, 6.45) is 0.901. The quantitative estimate of drug-likeness (QED) is 0.908. The Kier molecular flexibility index (Phi) is 4.76. The molecular formula is C15H19N3O2. The summed E-state index contributed by atoms with van der Waals surface area (Å²) in [5.74, 6) is 1.12. The molecule has 0 aliphatic rings. The summed E-state index contributed by atoms with van der Waals surface area (Å²) < 4.78 is 4.94. The highest BCUT2D eigenvalue weighted by atomic mass is 16.5. The average molecular weight is 273 g/mol. The maximum absolute atomic E-state index is 12.2. The number of amides is 2. The first kappa shape index (κ1) is 14.1. The summed E-state index contributed by atoms with van der Waals surface area (Å²) in [5, 5.41) is 6.52. The minimum atomic E-state index is -0.163. The molecule has 0 spiro atoms. The van der Waals surface area contributed by atoms with Crippen LogP contribution in [-0.2, 0) is 6.54 Å². The summed E-state index contributed by atoms with van der Waals surface area (Å²) in [6, 6.07) is 11.5. The Balaban J connectivity index is 2.02. The van der Waals surface area contributed by atoms with Crippen LogP contribution in [-0.4, -0.2) is 22.6 Å². The van der Waals surface area contributed by atoms with E-state index in [1.165, 1.54) is 0 Å². The Morgan fingerprint density at radius 3 is 2.70 bits per heavy atom. The van der Waals surface area contributed by atoms with Crippen LogP contribution in [0.4, 0.5) is 10.6 Å². The van der Waals surface area contributed by atoms with Crippen molar-refractivity contribution in [3.63, 3.8) is 0 Å². The van der Waals surface area contributed by atoms with Crippen molar-refractivity contribution >= 4 is 11.8 Å². The van der Waals surface area contributed by atoms with Gasteiger partial charge in [0.2, 0.25) is 0 Å². The highest BCUT2D eigenvalue weighted by molar-refractivity contribution is 5.88. The van der Waals surface area contributed by atoms with Gasteiger partial charge < -0.3 is 9.42 Å².